The van der Waals surface area contributed by atoms with Crippen molar-refractivity contribution in [1.29, 1.82) is 0 Å². The Kier molecular flexibility index (Phi) is 8.10. The zero-order valence-corrected chi connectivity index (χ0v) is 18.6. The number of sulfonamides is 2. The second kappa shape index (κ2) is 10.1. The highest BCUT2D eigenvalue weighted by molar-refractivity contribution is 7.89. The fourth-order valence-electron chi connectivity index (χ4n) is 2.50. The highest BCUT2D eigenvalue weighted by atomic mass is 32.2. The van der Waals surface area contributed by atoms with Crippen molar-refractivity contribution in [3.8, 4) is 0 Å². The Balaban J connectivity index is 2.25. The SMILES string of the molecule is COCCN(CC(=O)Nc1ccccc1)S(=O)(=O)c1ccc(S(=O)(=O)N(C)C)cc1. The molecule has 2 rings (SSSR count). The molecule has 0 aliphatic rings. The quantitative estimate of drug-likeness (QED) is 0.576. The number of carbonyl (C=O) groups is 1. The Bertz CT molecular complexity index is 1050. The molecule has 0 aliphatic carbocycles. The summed E-state index contributed by atoms with van der Waals surface area (Å²) in [5.41, 5.74) is 0.546. The van der Waals surface area contributed by atoms with Crippen LogP contribution in [0.4, 0.5) is 5.69 Å². The van der Waals surface area contributed by atoms with Gasteiger partial charge in [-0.05, 0) is 36.4 Å². The van der Waals surface area contributed by atoms with Crippen molar-refractivity contribution in [3.05, 3.63) is 54.6 Å². The fourth-order valence-corrected chi connectivity index (χ4v) is 4.78. The summed E-state index contributed by atoms with van der Waals surface area (Å²) in [5.74, 6) is -0.507. The lowest BCUT2D eigenvalue weighted by molar-refractivity contribution is -0.116. The van der Waals surface area contributed by atoms with E-state index in [0.29, 0.717) is 5.69 Å². The standard InChI is InChI=1S/C19H25N3O6S2/c1-21(2)29(24,25)17-9-11-18(12-10-17)30(26,27)22(13-14-28-3)15-19(23)20-16-7-5-4-6-8-16/h4-12H,13-15H2,1-3H3,(H,20,23). The molecule has 0 heterocycles. The summed E-state index contributed by atoms with van der Waals surface area (Å²) >= 11 is 0. The van der Waals surface area contributed by atoms with E-state index in [9.17, 15) is 21.6 Å². The van der Waals surface area contributed by atoms with E-state index in [1.807, 2.05) is 0 Å². The Labute approximate surface area is 177 Å². The molecule has 0 unspecified atom stereocenters. The maximum atomic E-state index is 13.1. The molecule has 0 spiro atoms. The van der Waals surface area contributed by atoms with E-state index in [0.717, 1.165) is 8.61 Å². The molecule has 0 saturated heterocycles. The van der Waals surface area contributed by atoms with Gasteiger partial charge in [-0.2, -0.15) is 4.31 Å². The highest BCUT2D eigenvalue weighted by Crippen LogP contribution is 2.20. The van der Waals surface area contributed by atoms with Crippen LogP contribution in [0.25, 0.3) is 0 Å². The van der Waals surface area contributed by atoms with E-state index < -0.39 is 32.5 Å². The number of methoxy groups -OCH3 is 1. The second-order valence-corrected chi connectivity index (χ2v) is 10.6. The number of benzene rings is 2. The van der Waals surface area contributed by atoms with Crippen LogP contribution in [0.5, 0.6) is 0 Å². The summed E-state index contributed by atoms with van der Waals surface area (Å²) in [6, 6.07) is 13.5. The smallest absolute Gasteiger partial charge is 0.243 e. The first kappa shape index (κ1) is 24.0. The Morgan fingerprint density at radius 3 is 1.93 bits per heavy atom. The van der Waals surface area contributed by atoms with Crippen molar-refractivity contribution in [3.63, 3.8) is 0 Å². The van der Waals surface area contributed by atoms with Gasteiger partial charge in [-0.1, -0.05) is 18.2 Å². The minimum atomic E-state index is -4.06. The van der Waals surface area contributed by atoms with Gasteiger partial charge in [-0.15, -0.1) is 0 Å². The fraction of sp³-hybridized carbons (Fsp3) is 0.316. The molecule has 0 radical (unpaired) electrons. The molecule has 1 N–H and O–H groups in total. The van der Waals surface area contributed by atoms with Crippen molar-refractivity contribution in [2.75, 3.05) is 46.2 Å². The van der Waals surface area contributed by atoms with E-state index in [2.05, 4.69) is 5.32 Å². The van der Waals surface area contributed by atoms with Gasteiger partial charge in [-0.3, -0.25) is 4.79 Å². The number of rotatable bonds is 10. The minimum absolute atomic E-state index is 0.0308. The summed E-state index contributed by atoms with van der Waals surface area (Å²) < 4.78 is 57.5. The zero-order chi connectivity index (χ0) is 22.4. The second-order valence-electron chi connectivity index (χ2n) is 6.50. The first-order chi connectivity index (χ1) is 14.1. The molecule has 2 aromatic carbocycles. The summed E-state index contributed by atoms with van der Waals surface area (Å²) in [5, 5.41) is 2.64. The highest BCUT2D eigenvalue weighted by Gasteiger charge is 2.27. The topological polar surface area (TPSA) is 113 Å². The third-order valence-electron chi connectivity index (χ3n) is 4.16. The molecule has 1 amide bonds. The Hall–Kier alpha value is -2.31. The average molecular weight is 456 g/mol. The van der Waals surface area contributed by atoms with Gasteiger partial charge in [0.15, 0.2) is 0 Å². The molecule has 9 nitrogen and oxygen atoms in total. The maximum Gasteiger partial charge on any atom is 0.243 e. The number of nitrogens with one attached hydrogen (secondary N) is 1. The van der Waals surface area contributed by atoms with Crippen molar-refractivity contribution >= 4 is 31.6 Å². The van der Waals surface area contributed by atoms with Gasteiger partial charge in [0.25, 0.3) is 0 Å². The summed E-state index contributed by atoms with van der Waals surface area (Å²) in [6.07, 6.45) is 0. The van der Waals surface area contributed by atoms with Crippen LogP contribution in [0.15, 0.2) is 64.4 Å². The van der Waals surface area contributed by atoms with Crippen LogP contribution in [0.3, 0.4) is 0 Å². The van der Waals surface area contributed by atoms with Crippen LogP contribution in [-0.2, 0) is 29.6 Å². The maximum absolute atomic E-state index is 13.1. The molecule has 0 atom stereocenters. The monoisotopic (exact) mass is 455 g/mol. The molecular formula is C19H25N3O6S2. The third-order valence-corrected chi connectivity index (χ3v) is 7.85. The molecule has 0 aromatic heterocycles. The molecule has 0 fully saturated rings. The van der Waals surface area contributed by atoms with Gasteiger partial charge in [0.05, 0.1) is 22.9 Å². The zero-order valence-electron chi connectivity index (χ0n) is 17.0. The molecule has 0 bridgehead atoms. The lowest BCUT2D eigenvalue weighted by Crippen LogP contribution is -2.40. The Morgan fingerprint density at radius 1 is 0.900 bits per heavy atom. The number of para-hydroxylation sites is 1. The number of carbonyl (C=O) groups excluding carboxylic acids is 1. The third kappa shape index (κ3) is 5.86. The molecular weight excluding hydrogens is 430 g/mol. The van der Waals surface area contributed by atoms with Crippen LogP contribution in [0.2, 0.25) is 0 Å². The van der Waals surface area contributed by atoms with Gasteiger partial charge >= 0.3 is 0 Å². The molecule has 2 aromatic rings. The van der Waals surface area contributed by atoms with E-state index in [-0.39, 0.29) is 22.9 Å². The molecule has 0 saturated carbocycles. The van der Waals surface area contributed by atoms with Crippen LogP contribution in [0, 0.1) is 0 Å². The largest absolute Gasteiger partial charge is 0.383 e. The number of ether oxygens (including phenoxy) is 1. The predicted octanol–water partition coefficient (Wildman–Crippen LogP) is 1.21. The van der Waals surface area contributed by atoms with E-state index in [1.165, 1.54) is 45.5 Å². The average Bonchev–Trinajstić information content (AvgIpc) is 2.71. The van der Waals surface area contributed by atoms with E-state index in [4.69, 9.17) is 4.74 Å². The number of nitrogens with zero attached hydrogens (tertiary/aromatic N) is 2. The van der Waals surface area contributed by atoms with Crippen LogP contribution in [-0.4, -0.2) is 72.3 Å². The van der Waals surface area contributed by atoms with Gasteiger partial charge in [0.2, 0.25) is 26.0 Å². The van der Waals surface area contributed by atoms with Crippen LogP contribution < -0.4 is 5.32 Å². The van der Waals surface area contributed by atoms with Crippen molar-refractivity contribution in [2.45, 2.75) is 9.79 Å². The van der Waals surface area contributed by atoms with Gasteiger partial charge < -0.3 is 10.1 Å². The Morgan fingerprint density at radius 2 is 1.43 bits per heavy atom. The van der Waals surface area contributed by atoms with Crippen molar-refractivity contribution < 1.29 is 26.4 Å². The predicted molar refractivity (Wildman–Crippen MR) is 113 cm³/mol. The number of anilines is 1. The van der Waals surface area contributed by atoms with Crippen LogP contribution in [0.1, 0.15) is 0 Å². The molecule has 0 aliphatic heterocycles. The van der Waals surface area contributed by atoms with Crippen molar-refractivity contribution in [1.82, 2.24) is 8.61 Å². The van der Waals surface area contributed by atoms with E-state index in [1.54, 1.807) is 30.3 Å². The summed E-state index contributed by atoms with van der Waals surface area (Å²) in [6.45, 7) is -0.373. The van der Waals surface area contributed by atoms with Crippen molar-refractivity contribution in [2.24, 2.45) is 0 Å². The minimum Gasteiger partial charge on any atom is -0.383 e. The first-order valence-corrected chi connectivity index (χ1v) is 11.8. The van der Waals surface area contributed by atoms with Gasteiger partial charge in [-0.25, -0.2) is 21.1 Å². The van der Waals surface area contributed by atoms with E-state index >= 15 is 0 Å². The van der Waals surface area contributed by atoms with Crippen LogP contribution >= 0.6 is 0 Å². The first-order valence-electron chi connectivity index (χ1n) is 8.95. The number of hydrogen-bond acceptors (Lipinski definition) is 6. The van der Waals surface area contributed by atoms with Gasteiger partial charge in [0.1, 0.15) is 0 Å². The normalized spacial score (nSPS) is 12.3. The van der Waals surface area contributed by atoms with Gasteiger partial charge in [0, 0.05) is 33.4 Å². The lowest BCUT2D eigenvalue weighted by atomic mass is 10.3. The summed E-state index contributed by atoms with van der Waals surface area (Å²) in [7, 11) is -3.55. The molecule has 164 valence electrons. The molecule has 30 heavy (non-hydrogen) atoms. The number of hydrogen-bond donors (Lipinski definition) is 1. The lowest BCUT2D eigenvalue weighted by Gasteiger charge is -2.22. The summed E-state index contributed by atoms with van der Waals surface area (Å²) in [4.78, 5) is 12.2. The molecule has 11 heteroatoms. The number of amides is 1.